The highest BCUT2D eigenvalue weighted by molar-refractivity contribution is 5.32. The second kappa shape index (κ2) is 6.07. The zero-order valence-electron chi connectivity index (χ0n) is 13.1. The number of nitrogens with two attached hydrogens (primary N) is 1. The van der Waals surface area contributed by atoms with E-state index in [0.717, 1.165) is 37.5 Å². The van der Waals surface area contributed by atoms with Crippen LogP contribution in [0.4, 0.5) is 0 Å². The molecule has 1 aromatic rings. The highest BCUT2D eigenvalue weighted by Crippen LogP contribution is 2.35. The Morgan fingerprint density at radius 2 is 1.95 bits per heavy atom. The summed E-state index contributed by atoms with van der Waals surface area (Å²) in [6, 6.07) is 8.67. The van der Waals surface area contributed by atoms with Gasteiger partial charge in [0.1, 0.15) is 5.60 Å². The smallest absolute Gasteiger partial charge is 0.104 e. The molecule has 1 atom stereocenters. The van der Waals surface area contributed by atoms with Gasteiger partial charge in [-0.3, -0.25) is 4.90 Å². The van der Waals surface area contributed by atoms with E-state index >= 15 is 0 Å². The molecule has 1 aliphatic carbocycles. The molecule has 1 saturated heterocycles. The molecule has 2 fully saturated rings. The summed E-state index contributed by atoms with van der Waals surface area (Å²) in [6.45, 7) is 5.01. The maximum absolute atomic E-state index is 11.0. The van der Waals surface area contributed by atoms with Gasteiger partial charge in [-0.25, -0.2) is 0 Å². The molecule has 3 N–H and O–H groups in total. The lowest BCUT2D eigenvalue weighted by molar-refractivity contribution is 0.0428. The highest BCUT2D eigenvalue weighted by Gasteiger charge is 2.39. The van der Waals surface area contributed by atoms with E-state index in [1.165, 1.54) is 31.2 Å². The second-order valence-electron chi connectivity index (χ2n) is 7.11. The van der Waals surface area contributed by atoms with Gasteiger partial charge in [-0.05, 0) is 56.1 Å². The zero-order valence-corrected chi connectivity index (χ0v) is 13.1. The molecule has 2 aliphatic rings. The Balaban J connectivity index is 1.61. The van der Waals surface area contributed by atoms with Gasteiger partial charge < -0.3 is 10.8 Å². The quantitative estimate of drug-likeness (QED) is 0.898. The zero-order chi connectivity index (χ0) is 14.9. The first-order chi connectivity index (χ1) is 10.1. The molecule has 0 bridgehead atoms. The van der Waals surface area contributed by atoms with Crippen molar-refractivity contribution in [3.8, 4) is 0 Å². The van der Waals surface area contributed by atoms with Gasteiger partial charge in [0, 0.05) is 25.7 Å². The average molecular weight is 288 g/mol. The molecule has 1 saturated carbocycles. The lowest BCUT2D eigenvalue weighted by atomic mass is 9.86. The number of aliphatic hydroxyl groups is 1. The minimum atomic E-state index is -0.656. The van der Waals surface area contributed by atoms with Crippen LogP contribution in [0, 0.1) is 12.8 Å². The Morgan fingerprint density at radius 1 is 1.24 bits per heavy atom. The Labute approximate surface area is 128 Å². The van der Waals surface area contributed by atoms with Gasteiger partial charge in [0.2, 0.25) is 0 Å². The first-order valence-corrected chi connectivity index (χ1v) is 8.33. The summed E-state index contributed by atoms with van der Waals surface area (Å²) >= 11 is 0. The largest absolute Gasteiger partial charge is 0.384 e. The van der Waals surface area contributed by atoms with Crippen LogP contribution in [0.5, 0.6) is 0 Å². The third-order valence-corrected chi connectivity index (χ3v) is 5.38. The maximum Gasteiger partial charge on any atom is 0.104 e. The van der Waals surface area contributed by atoms with Crippen molar-refractivity contribution in [2.45, 2.75) is 50.7 Å². The van der Waals surface area contributed by atoms with Crippen LogP contribution in [0.25, 0.3) is 0 Å². The Hall–Kier alpha value is -0.900. The molecule has 3 nitrogen and oxygen atoms in total. The molecule has 1 aliphatic heterocycles. The third kappa shape index (κ3) is 3.31. The molecule has 1 heterocycles. The van der Waals surface area contributed by atoms with Crippen LogP contribution >= 0.6 is 0 Å². The van der Waals surface area contributed by atoms with Crippen molar-refractivity contribution in [2.24, 2.45) is 11.7 Å². The molecule has 3 rings (SSSR count). The molecule has 116 valence electrons. The van der Waals surface area contributed by atoms with E-state index in [1.807, 2.05) is 12.1 Å². The number of rotatable bonds is 3. The highest BCUT2D eigenvalue weighted by atomic mass is 16.3. The molecule has 21 heavy (non-hydrogen) atoms. The van der Waals surface area contributed by atoms with Crippen molar-refractivity contribution in [3.63, 3.8) is 0 Å². The average Bonchev–Trinajstić information content (AvgIpc) is 2.84. The summed E-state index contributed by atoms with van der Waals surface area (Å²) in [7, 11) is 0. The first-order valence-electron chi connectivity index (χ1n) is 8.33. The number of benzene rings is 1. The van der Waals surface area contributed by atoms with Crippen molar-refractivity contribution in [1.82, 2.24) is 4.90 Å². The minimum Gasteiger partial charge on any atom is -0.384 e. The summed E-state index contributed by atoms with van der Waals surface area (Å²) in [6.07, 6.45) is 5.69. The fourth-order valence-corrected chi connectivity index (χ4v) is 4.08. The predicted octanol–water partition coefficient (Wildman–Crippen LogP) is 2.41. The third-order valence-electron chi connectivity index (χ3n) is 5.38. The molecule has 3 heteroatoms. The first kappa shape index (κ1) is 15.0. The number of nitrogens with zero attached hydrogens (tertiary/aromatic N) is 1. The van der Waals surface area contributed by atoms with Crippen molar-refractivity contribution in [1.29, 1.82) is 0 Å². The van der Waals surface area contributed by atoms with Gasteiger partial charge in [0.15, 0.2) is 0 Å². The molecular weight excluding hydrogens is 260 g/mol. The Morgan fingerprint density at radius 3 is 2.67 bits per heavy atom. The van der Waals surface area contributed by atoms with Crippen LogP contribution in [-0.4, -0.2) is 35.7 Å². The number of hydrogen-bond acceptors (Lipinski definition) is 3. The van der Waals surface area contributed by atoms with E-state index in [4.69, 9.17) is 5.73 Å². The molecule has 0 radical (unpaired) electrons. The van der Waals surface area contributed by atoms with Crippen molar-refractivity contribution in [3.05, 3.63) is 35.4 Å². The van der Waals surface area contributed by atoms with E-state index in [9.17, 15) is 5.11 Å². The van der Waals surface area contributed by atoms with E-state index in [2.05, 4.69) is 24.0 Å². The number of β-amino-alcohol motifs (C(OH)–C–C–N with tert-alkyl or cyclic N) is 1. The van der Waals surface area contributed by atoms with E-state index < -0.39 is 5.60 Å². The lowest BCUT2D eigenvalue weighted by Crippen LogP contribution is -2.36. The van der Waals surface area contributed by atoms with Gasteiger partial charge in [0.05, 0.1) is 0 Å². The summed E-state index contributed by atoms with van der Waals surface area (Å²) in [5.41, 5.74) is 7.64. The van der Waals surface area contributed by atoms with Gasteiger partial charge in [-0.15, -0.1) is 0 Å². The fourth-order valence-electron chi connectivity index (χ4n) is 4.08. The number of hydrogen-bond donors (Lipinski definition) is 2. The summed E-state index contributed by atoms with van der Waals surface area (Å²) in [5.74, 6) is 0.768. The Kier molecular flexibility index (Phi) is 4.34. The second-order valence-corrected chi connectivity index (χ2v) is 7.11. The molecular formula is C18H28N2O. The van der Waals surface area contributed by atoms with Gasteiger partial charge in [0.25, 0.3) is 0 Å². The minimum absolute atomic E-state index is 0.420. The topological polar surface area (TPSA) is 49.5 Å². The SMILES string of the molecule is Cc1ccccc1[C@@]1(O)CCN(CC2CCC(N)CC2)C1. The van der Waals surface area contributed by atoms with Crippen LogP contribution in [0.15, 0.2) is 24.3 Å². The summed E-state index contributed by atoms with van der Waals surface area (Å²) < 4.78 is 0. The predicted molar refractivity (Wildman–Crippen MR) is 86.1 cm³/mol. The lowest BCUT2D eigenvalue weighted by Gasteiger charge is -2.31. The van der Waals surface area contributed by atoms with Crippen LogP contribution < -0.4 is 5.73 Å². The maximum atomic E-state index is 11.0. The normalized spacial score (nSPS) is 34.2. The standard InChI is InChI=1S/C18H28N2O/c1-14-4-2-3-5-17(14)18(21)10-11-20(13-18)12-15-6-8-16(19)9-7-15/h2-5,15-16,21H,6-13,19H2,1H3/t15?,16?,18-/m1/s1. The van der Waals surface area contributed by atoms with Crippen molar-refractivity contribution in [2.75, 3.05) is 19.6 Å². The summed E-state index contributed by atoms with van der Waals surface area (Å²) in [5, 5.41) is 11.0. The van der Waals surface area contributed by atoms with Crippen molar-refractivity contribution < 1.29 is 5.11 Å². The van der Waals surface area contributed by atoms with Gasteiger partial charge >= 0.3 is 0 Å². The molecule has 0 spiro atoms. The van der Waals surface area contributed by atoms with E-state index in [0.29, 0.717) is 6.04 Å². The van der Waals surface area contributed by atoms with Crippen LogP contribution in [0.2, 0.25) is 0 Å². The molecule has 1 aromatic carbocycles. The van der Waals surface area contributed by atoms with Crippen LogP contribution in [0.3, 0.4) is 0 Å². The van der Waals surface area contributed by atoms with Crippen molar-refractivity contribution >= 4 is 0 Å². The Bertz CT molecular complexity index is 482. The molecule has 0 unspecified atom stereocenters. The van der Waals surface area contributed by atoms with Gasteiger partial charge in [-0.2, -0.15) is 0 Å². The number of aryl methyl sites for hydroxylation is 1. The van der Waals surface area contributed by atoms with Gasteiger partial charge in [-0.1, -0.05) is 24.3 Å². The summed E-state index contributed by atoms with van der Waals surface area (Å²) in [4.78, 5) is 2.45. The number of likely N-dealkylation sites (tertiary alicyclic amines) is 1. The molecule has 0 aromatic heterocycles. The fraction of sp³-hybridized carbons (Fsp3) is 0.667. The van der Waals surface area contributed by atoms with Crippen LogP contribution in [0.1, 0.15) is 43.2 Å². The van der Waals surface area contributed by atoms with Crippen LogP contribution in [-0.2, 0) is 5.60 Å². The van der Waals surface area contributed by atoms with E-state index in [1.54, 1.807) is 0 Å². The molecule has 0 amide bonds. The monoisotopic (exact) mass is 288 g/mol. The van der Waals surface area contributed by atoms with E-state index in [-0.39, 0.29) is 0 Å².